The highest BCUT2D eigenvalue weighted by Crippen LogP contribution is 2.26. The molecule has 0 N–H and O–H groups in total. The van der Waals surface area contributed by atoms with E-state index in [1.54, 1.807) is 30.0 Å². The number of halogens is 1. The molecule has 1 fully saturated rings. The van der Waals surface area contributed by atoms with Crippen molar-refractivity contribution in [3.63, 3.8) is 0 Å². The fraction of sp³-hybridized carbons (Fsp3) is 0.562. The molecule has 1 aromatic carbocycles. The summed E-state index contributed by atoms with van der Waals surface area (Å²) >= 11 is 5.94. The predicted molar refractivity (Wildman–Crippen MR) is 93.4 cm³/mol. The van der Waals surface area contributed by atoms with Gasteiger partial charge in [0, 0.05) is 18.1 Å². The van der Waals surface area contributed by atoms with Crippen molar-refractivity contribution in [2.24, 2.45) is 5.92 Å². The number of sulfonamides is 1. The molecule has 0 spiro atoms. The van der Waals surface area contributed by atoms with E-state index in [0.717, 1.165) is 24.7 Å². The third kappa shape index (κ3) is 4.61. The van der Waals surface area contributed by atoms with Crippen LogP contribution in [0.15, 0.2) is 18.2 Å². The lowest BCUT2D eigenvalue weighted by atomic mass is 10.0. The maximum atomic E-state index is 12.5. The molecule has 1 atom stereocenters. The van der Waals surface area contributed by atoms with Crippen LogP contribution in [0, 0.1) is 12.8 Å². The van der Waals surface area contributed by atoms with Crippen molar-refractivity contribution in [1.29, 1.82) is 0 Å². The highest BCUT2D eigenvalue weighted by molar-refractivity contribution is 7.92. The Morgan fingerprint density at radius 1 is 1.43 bits per heavy atom. The standard InChI is InChI=1S/C16H23ClN2O3S/c1-12-5-4-8-18(10-12)16(20)11-19(23(3,21)22)15-7-6-14(17)9-13(15)2/h6-7,9,12H,4-5,8,10-11H2,1-3H3/t12-/m0/s1. The van der Waals surface area contributed by atoms with Gasteiger partial charge in [-0.2, -0.15) is 0 Å². The summed E-state index contributed by atoms with van der Waals surface area (Å²) in [5.41, 5.74) is 1.22. The van der Waals surface area contributed by atoms with Crippen molar-refractivity contribution in [1.82, 2.24) is 4.90 Å². The van der Waals surface area contributed by atoms with E-state index < -0.39 is 10.0 Å². The molecule has 0 saturated carbocycles. The quantitative estimate of drug-likeness (QED) is 0.831. The fourth-order valence-corrected chi connectivity index (χ4v) is 4.05. The second kappa shape index (κ2) is 7.09. The Balaban J connectivity index is 2.24. The molecule has 1 amide bonds. The number of hydrogen-bond acceptors (Lipinski definition) is 3. The lowest BCUT2D eigenvalue weighted by Gasteiger charge is -2.33. The molecule has 2 rings (SSSR count). The summed E-state index contributed by atoms with van der Waals surface area (Å²) in [6, 6.07) is 4.98. The first kappa shape index (κ1) is 18.1. The van der Waals surface area contributed by atoms with Crippen molar-refractivity contribution < 1.29 is 13.2 Å². The van der Waals surface area contributed by atoms with Gasteiger partial charge in [-0.25, -0.2) is 8.42 Å². The van der Waals surface area contributed by atoms with Gasteiger partial charge in [0.2, 0.25) is 15.9 Å². The zero-order valence-corrected chi connectivity index (χ0v) is 15.3. The van der Waals surface area contributed by atoms with Crippen LogP contribution in [0.25, 0.3) is 0 Å². The van der Waals surface area contributed by atoms with Crippen molar-refractivity contribution in [3.8, 4) is 0 Å². The highest BCUT2D eigenvalue weighted by atomic mass is 35.5. The Kier molecular flexibility index (Phi) is 5.57. The van der Waals surface area contributed by atoms with Crippen LogP contribution < -0.4 is 4.31 Å². The van der Waals surface area contributed by atoms with Crippen LogP contribution in [0.3, 0.4) is 0 Å². The first-order valence-corrected chi connectivity index (χ1v) is 9.92. The van der Waals surface area contributed by atoms with Crippen molar-refractivity contribution >= 4 is 33.2 Å². The number of rotatable bonds is 4. The second-order valence-corrected chi connectivity index (χ2v) is 8.63. The van der Waals surface area contributed by atoms with E-state index in [2.05, 4.69) is 6.92 Å². The van der Waals surface area contributed by atoms with Gasteiger partial charge in [0.05, 0.1) is 11.9 Å². The van der Waals surface area contributed by atoms with Crippen molar-refractivity contribution in [2.75, 3.05) is 30.2 Å². The number of aryl methyl sites for hydroxylation is 1. The molecule has 0 bridgehead atoms. The van der Waals surface area contributed by atoms with E-state index in [9.17, 15) is 13.2 Å². The summed E-state index contributed by atoms with van der Waals surface area (Å²) in [6.45, 7) is 5.11. The molecule has 1 aromatic rings. The van der Waals surface area contributed by atoms with Crippen LogP contribution in [-0.4, -0.2) is 45.1 Å². The summed E-state index contributed by atoms with van der Waals surface area (Å²) in [5.74, 6) is 0.299. The fourth-order valence-electron chi connectivity index (χ4n) is 2.92. The first-order chi connectivity index (χ1) is 10.7. The molecule has 1 aliphatic heterocycles. The molecule has 0 aromatic heterocycles. The van der Waals surface area contributed by atoms with E-state index in [1.807, 2.05) is 0 Å². The first-order valence-electron chi connectivity index (χ1n) is 7.70. The summed E-state index contributed by atoms with van der Waals surface area (Å²) < 4.78 is 25.5. The Bertz CT molecular complexity index is 691. The molecular formula is C16H23ClN2O3S. The van der Waals surface area contributed by atoms with Crippen LogP contribution in [0.5, 0.6) is 0 Å². The van der Waals surface area contributed by atoms with E-state index in [4.69, 9.17) is 11.6 Å². The van der Waals surface area contributed by atoms with Gasteiger partial charge in [0.15, 0.2) is 0 Å². The van der Waals surface area contributed by atoms with Crippen LogP contribution in [0.2, 0.25) is 5.02 Å². The maximum Gasteiger partial charge on any atom is 0.243 e. The van der Waals surface area contributed by atoms with Gasteiger partial charge in [-0.1, -0.05) is 18.5 Å². The monoisotopic (exact) mass is 358 g/mol. The summed E-state index contributed by atoms with van der Waals surface area (Å²) in [4.78, 5) is 14.3. The molecule has 7 heteroatoms. The Hall–Kier alpha value is -1.27. The van der Waals surface area contributed by atoms with E-state index in [-0.39, 0.29) is 12.5 Å². The minimum atomic E-state index is -3.56. The van der Waals surface area contributed by atoms with Crippen molar-refractivity contribution in [2.45, 2.75) is 26.7 Å². The van der Waals surface area contributed by atoms with Crippen LogP contribution >= 0.6 is 11.6 Å². The lowest BCUT2D eigenvalue weighted by molar-refractivity contribution is -0.131. The predicted octanol–water partition coefficient (Wildman–Crippen LogP) is 2.67. The molecule has 23 heavy (non-hydrogen) atoms. The average molecular weight is 359 g/mol. The van der Waals surface area contributed by atoms with Gasteiger partial charge in [0.25, 0.3) is 0 Å². The van der Waals surface area contributed by atoms with E-state index in [0.29, 0.717) is 29.7 Å². The SMILES string of the molecule is Cc1cc(Cl)ccc1N(CC(=O)N1CCC[C@H](C)C1)S(C)(=O)=O. The average Bonchev–Trinajstić information content (AvgIpc) is 2.44. The van der Waals surface area contributed by atoms with E-state index in [1.165, 1.54) is 4.31 Å². The lowest BCUT2D eigenvalue weighted by Crippen LogP contribution is -2.46. The zero-order chi connectivity index (χ0) is 17.2. The zero-order valence-electron chi connectivity index (χ0n) is 13.8. The van der Waals surface area contributed by atoms with Gasteiger partial charge in [-0.15, -0.1) is 0 Å². The number of anilines is 1. The highest BCUT2D eigenvalue weighted by Gasteiger charge is 2.27. The van der Waals surface area contributed by atoms with Gasteiger partial charge in [-0.3, -0.25) is 9.10 Å². The smallest absolute Gasteiger partial charge is 0.243 e. The van der Waals surface area contributed by atoms with E-state index >= 15 is 0 Å². The topological polar surface area (TPSA) is 57.7 Å². The van der Waals surface area contributed by atoms with Crippen LogP contribution in [0.4, 0.5) is 5.69 Å². The summed E-state index contributed by atoms with van der Waals surface area (Å²) in [5, 5.41) is 0.538. The van der Waals surface area contributed by atoms with Gasteiger partial charge >= 0.3 is 0 Å². The molecule has 0 radical (unpaired) electrons. The number of amides is 1. The van der Waals surface area contributed by atoms with Gasteiger partial charge < -0.3 is 4.90 Å². The Morgan fingerprint density at radius 3 is 2.70 bits per heavy atom. The molecule has 1 saturated heterocycles. The minimum Gasteiger partial charge on any atom is -0.341 e. The number of hydrogen-bond donors (Lipinski definition) is 0. The number of piperidine rings is 1. The summed E-state index contributed by atoms with van der Waals surface area (Å²) in [6.07, 6.45) is 3.19. The van der Waals surface area contributed by atoms with Crippen LogP contribution in [-0.2, 0) is 14.8 Å². The number of likely N-dealkylation sites (tertiary alicyclic amines) is 1. The molecule has 5 nitrogen and oxygen atoms in total. The number of carbonyl (C=O) groups excluding carboxylic acids is 1. The number of carbonyl (C=O) groups is 1. The van der Waals surface area contributed by atoms with Gasteiger partial charge in [-0.05, 0) is 49.4 Å². The number of benzene rings is 1. The number of nitrogens with zero attached hydrogens (tertiary/aromatic N) is 2. The largest absolute Gasteiger partial charge is 0.341 e. The molecule has 1 heterocycles. The summed E-state index contributed by atoms with van der Waals surface area (Å²) in [7, 11) is -3.56. The third-order valence-corrected chi connectivity index (χ3v) is 5.48. The van der Waals surface area contributed by atoms with Crippen LogP contribution in [0.1, 0.15) is 25.3 Å². The Labute approximate surface area is 143 Å². The van der Waals surface area contributed by atoms with Gasteiger partial charge in [0.1, 0.15) is 6.54 Å². The molecular weight excluding hydrogens is 336 g/mol. The second-order valence-electron chi connectivity index (χ2n) is 6.29. The molecule has 0 unspecified atom stereocenters. The molecule has 1 aliphatic rings. The van der Waals surface area contributed by atoms with Crippen molar-refractivity contribution in [3.05, 3.63) is 28.8 Å². The maximum absolute atomic E-state index is 12.5. The molecule has 0 aliphatic carbocycles. The normalized spacial score (nSPS) is 18.8. The minimum absolute atomic E-state index is 0.156. The third-order valence-electron chi connectivity index (χ3n) is 4.12. The Morgan fingerprint density at radius 2 is 2.13 bits per heavy atom. The molecule has 128 valence electrons.